The quantitative estimate of drug-likeness (QED) is 0.686. The van der Waals surface area contributed by atoms with Crippen LogP contribution in [0.1, 0.15) is 50.8 Å². The summed E-state index contributed by atoms with van der Waals surface area (Å²) >= 11 is 0. The molecule has 2 nitrogen and oxygen atoms in total. The average Bonchev–Trinajstić information content (AvgIpc) is 2.82. The number of rotatable bonds is 2. The third-order valence-electron chi connectivity index (χ3n) is 3.79. The number of aromatic amines is 1. The molecule has 0 saturated heterocycles. The number of hydrogen-bond acceptors (Lipinski definition) is 1. The molecule has 3 aromatic rings. The lowest BCUT2D eigenvalue weighted by atomic mass is 9.98. The van der Waals surface area contributed by atoms with E-state index in [-0.39, 0.29) is 0 Å². The first-order valence-corrected chi connectivity index (χ1v) is 6.98. The lowest BCUT2D eigenvalue weighted by molar-refractivity contribution is 0.836. The third kappa shape index (κ3) is 1.92. The summed E-state index contributed by atoms with van der Waals surface area (Å²) in [5, 5.41) is 2.54. The largest absolute Gasteiger partial charge is 0.357 e. The van der Waals surface area contributed by atoms with Gasteiger partial charge in [-0.25, -0.2) is 0 Å². The molecule has 0 fully saturated rings. The minimum Gasteiger partial charge on any atom is -0.357 e. The van der Waals surface area contributed by atoms with Gasteiger partial charge in [-0.1, -0.05) is 45.9 Å². The number of aromatic nitrogens is 2. The van der Waals surface area contributed by atoms with Crippen LogP contribution < -0.4 is 0 Å². The summed E-state index contributed by atoms with van der Waals surface area (Å²) in [5.74, 6) is 1.01. The van der Waals surface area contributed by atoms with Gasteiger partial charge in [-0.15, -0.1) is 0 Å². The number of para-hydroxylation sites is 1. The standard InChI is InChI=1S/C17H20N2/c1-10(2)12-6-5-7-13-14-8-15(11(3)4)19-16(14)9-18-17(12)13/h5-11,19H,1-4H3. The Morgan fingerprint density at radius 2 is 1.79 bits per heavy atom. The van der Waals surface area contributed by atoms with Crippen molar-refractivity contribution < 1.29 is 0 Å². The summed E-state index contributed by atoms with van der Waals surface area (Å²) in [5.41, 5.74) is 4.88. The molecule has 19 heavy (non-hydrogen) atoms. The summed E-state index contributed by atoms with van der Waals surface area (Å²) in [6, 6.07) is 8.77. The molecular weight excluding hydrogens is 232 g/mol. The Morgan fingerprint density at radius 3 is 2.47 bits per heavy atom. The van der Waals surface area contributed by atoms with Crippen molar-refractivity contribution in [3.8, 4) is 0 Å². The molecule has 0 aliphatic carbocycles. The second kappa shape index (κ2) is 4.37. The molecule has 3 rings (SSSR count). The summed E-state index contributed by atoms with van der Waals surface area (Å²) in [4.78, 5) is 8.15. The molecule has 0 unspecified atom stereocenters. The van der Waals surface area contributed by atoms with Crippen LogP contribution in [-0.2, 0) is 0 Å². The molecular formula is C17H20N2. The Bertz CT molecular complexity index is 735. The van der Waals surface area contributed by atoms with Crippen LogP contribution in [-0.4, -0.2) is 9.97 Å². The van der Waals surface area contributed by atoms with Crippen LogP contribution in [0.15, 0.2) is 30.5 Å². The fraction of sp³-hybridized carbons (Fsp3) is 0.353. The van der Waals surface area contributed by atoms with Gasteiger partial charge in [0.05, 0.1) is 17.2 Å². The van der Waals surface area contributed by atoms with Crippen LogP contribution >= 0.6 is 0 Å². The van der Waals surface area contributed by atoms with Gasteiger partial charge in [-0.2, -0.15) is 0 Å². The molecule has 0 aliphatic rings. The number of pyridine rings is 1. The zero-order valence-electron chi connectivity index (χ0n) is 12.0. The highest BCUT2D eigenvalue weighted by atomic mass is 14.8. The molecule has 0 spiro atoms. The molecule has 0 aliphatic heterocycles. The highest BCUT2D eigenvalue weighted by molar-refractivity contribution is 6.05. The first-order valence-electron chi connectivity index (χ1n) is 6.98. The van der Waals surface area contributed by atoms with E-state index in [0.29, 0.717) is 11.8 Å². The van der Waals surface area contributed by atoms with E-state index in [4.69, 9.17) is 0 Å². The Balaban J connectivity index is 2.37. The van der Waals surface area contributed by atoms with Crippen molar-refractivity contribution in [1.29, 1.82) is 0 Å². The molecule has 0 radical (unpaired) electrons. The van der Waals surface area contributed by atoms with Crippen LogP contribution in [0.2, 0.25) is 0 Å². The number of nitrogens with zero attached hydrogens (tertiary/aromatic N) is 1. The lowest BCUT2D eigenvalue weighted by Gasteiger charge is -2.09. The first kappa shape index (κ1) is 12.2. The summed E-state index contributed by atoms with van der Waals surface area (Å²) in [6.07, 6.45) is 1.97. The second-order valence-corrected chi connectivity index (χ2v) is 5.86. The molecule has 1 N–H and O–H groups in total. The fourth-order valence-electron chi connectivity index (χ4n) is 2.65. The smallest absolute Gasteiger partial charge is 0.0744 e. The van der Waals surface area contributed by atoms with Gasteiger partial charge < -0.3 is 4.98 Å². The van der Waals surface area contributed by atoms with E-state index < -0.39 is 0 Å². The van der Waals surface area contributed by atoms with Gasteiger partial charge in [0.2, 0.25) is 0 Å². The van der Waals surface area contributed by atoms with Gasteiger partial charge in [0.15, 0.2) is 0 Å². The maximum atomic E-state index is 4.67. The number of hydrogen-bond donors (Lipinski definition) is 1. The van der Waals surface area contributed by atoms with E-state index in [1.165, 1.54) is 22.0 Å². The molecule has 0 saturated carbocycles. The zero-order chi connectivity index (χ0) is 13.6. The topological polar surface area (TPSA) is 28.7 Å². The molecule has 2 aromatic heterocycles. The Morgan fingerprint density at radius 1 is 1.00 bits per heavy atom. The van der Waals surface area contributed by atoms with Gasteiger partial charge in [0, 0.05) is 16.5 Å². The minimum absolute atomic E-state index is 0.497. The molecule has 1 aromatic carbocycles. The summed E-state index contributed by atoms with van der Waals surface area (Å²) in [6.45, 7) is 8.86. The van der Waals surface area contributed by atoms with Gasteiger partial charge >= 0.3 is 0 Å². The molecule has 0 atom stereocenters. The van der Waals surface area contributed by atoms with Crippen molar-refractivity contribution in [2.75, 3.05) is 0 Å². The number of H-pyrrole nitrogens is 1. The van der Waals surface area contributed by atoms with E-state index in [9.17, 15) is 0 Å². The molecule has 2 heterocycles. The molecule has 2 heteroatoms. The van der Waals surface area contributed by atoms with Crippen LogP contribution in [0.3, 0.4) is 0 Å². The SMILES string of the molecule is CC(C)c1cc2c(cnc3c(C(C)C)cccc32)[nH]1. The maximum Gasteiger partial charge on any atom is 0.0744 e. The second-order valence-electron chi connectivity index (χ2n) is 5.86. The zero-order valence-corrected chi connectivity index (χ0v) is 12.0. The first-order chi connectivity index (χ1) is 9.08. The minimum atomic E-state index is 0.497. The molecule has 0 amide bonds. The van der Waals surface area contributed by atoms with E-state index in [2.05, 4.69) is 61.9 Å². The Kier molecular flexibility index (Phi) is 2.81. The van der Waals surface area contributed by atoms with Crippen molar-refractivity contribution in [3.63, 3.8) is 0 Å². The number of nitrogens with one attached hydrogen (secondary N) is 1. The van der Waals surface area contributed by atoms with Crippen molar-refractivity contribution in [3.05, 3.63) is 41.7 Å². The van der Waals surface area contributed by atoms with Gasteiger partial charge in [0.1, 0.15) is 0 Å². The Labute approximate surface area is 113 Å². The van der Waals surface area contributed by atoms with Crippen molar-refractivity contribution in [2.24, 2.45) is 0 Å². The van der Waals surface area contributed by atoms with Crippen molar-refractivity contribution in [1.82, 2.24) is 9.97 Å². The normalized spacial score (nSPS) is 12.1. The highest BCUT2D eigenvalue weighted by Gasteiger charge is 2.11. The maximum absolute atomic E-state index is 4.67. The van der Waals surface area contributed by atoms with E-state index in [1.54, 1.807) is 0 Å². The van der Waals surface area contributed by atoms with E-state index in [1.807, 2.05) is 6.20 Å². The average molecular weight is 252 g/mol. The number of benzene rings is 1. The van der Waals surface area contributed by atoms with Crippen LogP contribution in [0.25, 0.3) is 21.8 Å². The molecule has 98 valence electrons. The van der Waals surface area contributed by atoms with Crippen LogP contribution in [0, 0.1) is 0 Å². The van der Waals surface area contributed by atoms with Gasteiger partial charge in [0.25, 0.3) is 0 Å². The van der Waals surface area contributed by atoms with Crippen LogP contribution in [0.4, 0.5) is 0 Å². The third-order valence-corrected chi connectivity index (χ3v) is 3.79. The monoisotopic (exact) mass is 252 g/mol. The van der Waals surface area contributed by atoms with E-state index >= 15 is 0 Å². The van der Waals surface area contributed by atoms with Crippen LogP contribution in [0.5, 0.6) is 0 Å². The number of fused-ring (bicyclic) bond motifs is 3. The predicted molar refractivity (Wildman–Crippen MR) is 81.8 cm³/mol. The van der Waals surface area contributed by atoms with Gasteiger partial charge in [-0.3, -0.25) is 4.98 Å². The Hall–Kier alpha value is -1.83. The lowest BCUT2D eigenvalue weighted by Crippen LogP contribution is -1.91. The summed E-state index contributed by atoms with van der Waals surface area (Å²) in [7, 11) is 0. The molecule has 0 bridgehead atoms. The van der Waals surface area contributed by atoms with E-state index in [0.717, 1.165) is 11.0 Å². The van der Waals surface area contributed by atoms with Gasteiger partial charge in [-0.05, 0) is 23.5 Å². The summed E-state index contributed by atoms with van der Waals surface area (Å²) < 4.78 is 0. The fourth-order valence-corrected chi connectivity index (χ4v) is 2.65. The predicted octanol–water partition coefficient (Wildman–Crippen LogP) is 4.96. The highest BCUT2D eigenvalue weighted by Crippen LogP contribution is 2.30. The van der Waals surface area contributed by atoms with Crippen molar-refractivity contribution in [2.45, 2.75) is 39.5 Å². The van der Waals surface area contributed by atoms with Crippen molar-refractivity contribution >= 4 is 21.8 Å².